The summed E-state index contributed by atoms with van der Waals surface area (Å²) in [6.45, 7) is 1.85. The van der Waals surface area contributed by atoms with Crippen LogP contribution in [0.4, 0.5) is 11.4 Å². The van der Waals surface area contributed by atoms with Crippen molar-refractivity contribution in [3.8, 4) is 17.6 Å². The number of rotatable bonds is 8. The van der Waals surface area contributed by atoms with Crippen molar-refractivity contribution in [2.75, 3.05) is 12.4 Å². The Hall–Kier alpha value is -4.06. The molecule has 0 saturated carbocycles. The summed E-state index contributed by atoms with van der Waals surface area (Å²) >= 11 is 12.5. The van der Waals surface area contributed by atoms with Gasteiger partial charge in [-0.2, -0.15) is 5.26 Å². The monoisotopic (exact) mass is 511 g/mol. The zero-order valence-corrected chi connectivity index (χ0v) is 20.2. The van der Waals surface area contributed by atoms with Gasteiger partial charge in [-0.1, -0.05) is 41.4 Å². The summed E-state index contributed by atoms with van der Waals surface area (Å²) in [4.78, 5) is 23.1. The molecule has 1 N–H and O–H groups in total. The van der Waals surface area contributed by atoms with E-state index in [0.29, 0.717) is 21.8 Å². The van der Waals surface area contributed by atoms with Gasteiger partial charge in [0, 0.05) is 22.8 Å². The molecule has 35 heavy (non-hydrogen) atoms. The van der Waals surface area contributed by atoms with Crippen LogP contribution in [-0.4, -0.2) is 17.9 Å². The van der Waals surface area contributed by atoms with E-state index in [4.69, 9.17) is 32.7 Å². The lowest BCUT2D eigenvalue weighted by Gasteiger charge is -2.13. The van der Waals surface area contributed by atoms with Gasteiger partial charge >= 0.3 is 0 Å². The molecule has 8 nitrogen and oxygen atoms in total. The number of non-ortho nitro benzene ring substituents is 1. The van der Waals surface area contributed by atoms with Gasteiger partial charge in [-0.25, -0.2) is 0 Å². The number of anilines is 1. The Balaban J connectivity index is 1.82. The zero-order chi connectivity index (χ0) is 25.5. The number of benzene rings is 3. The number of methoxy groups -OCH3 is 1. The van der Waals surface area contributed by atoms with E-state index in [2.05, 4.69) is 5.32 Å². The Bertz CT molecular complexity index is 1370. The molecule has 0 unspecified atom stereocenters. The van der Waals surface area contributed by atoms with Crippen LogP contribution < -0.4 is 14.8 Å². The van der Waals surface area contributed by atoms with Crippen molar-refractivity contribution in [3.63, 3.8) is 0 Å². The van der Waals surface area contributed by atoms with Crippen LogP contribution in [0.5, 0.6) is 11.5 Å². The van der Waals surface area contributed by atoms with Crippen molar-refractivity contribution in [1.29, 1.82) is 5.26 Å². The summed E-state index contributed by atoms with van der Waals surface area (Å²) in [6.07, 6.45) is 1.36. The molecule has 0 aliphatic carbocycles. The Morgan fingerprint density at radius 1 is 1.17 bits per heavy atom. The number of nitro benzene ring substituents is 1. The second-order valence-electron chi connectivity index (χ2n) is 7.34. The Morgan fingerprint density at radius 2 is 1.94 bits per heavy atom. The molecule has 10 heteroatoms. The van der Waals surface area contributed by atoms with Gasteiger partial charge in [-0.15, -0.1) is 0 Å². The molecular formula is C25H19Cl2N3O5. The highest BCUT2D eigenvalue weighted by Crippen LogP contribution is 2.37. The highest BCUT2D eigenvalue weighted by atomic mass is 35.5. The smallest absolute Gasteiger partial charge is 0.269 e. The summed E-state index contributed by atoms with van der Waals surface area (Å²) in [6, 6.07) is 16.0. The van der Waals surface area contributed by atoms with E-state index in [1.165, 1.54) is 31.4 Å². The third-order valence-corrected chi connectivity index (χ3v) is 5.55. The number of carbonyl (C=O) groups is 1. The molecule has 0 fully saturated rings. The van der Waals surface area contributed by atoms with E-state index in [9.17, 15) is 20.2 Å². The number of hydrogen-bond donors (Lipinski definition) is 1. The lowest BCUT2D eigenvalue weighted by atomic mass is 10.1. The summed E-state index contributed by atoms with van der Waals surface area (Å²) in [5, 5.41) is 23.8. The highest BCUT2D eigenvalue weighted by molar-refractivity contribution is 6.32. The van der Waals surface area contributed by atoms with Gasteiger partial charge in [0.2, 0.25) is 0 Å². The van der Waals surface area contributed by atoms with Gasteiger partial charge in [0.05, 0.1) is 17.1 Å². The van der Waals surface area contributed by atoms with Gasteiger partial charge in [0.1, 0.15) is 18.2 Å². The number of ether oxygens (including phenoxy) is 2. The number of nitrogens with zero attached hydrogens (tertiary/aromatic N) is 2. The first-order chi connectivity index (χ1) is 16.7. The molecule has 0 spiro atoms. The molecular weight excluding hydrogens is 493 g/mol. The third-order valence-electron chi connectivity index (χ3n) is 4.86. The first-order valence-corrected chi connectivity index (χ1v) is 10.9. The molecule has 0 aromatic heterocycles. The van der Waals surface area contributed by atoms with Crippen LogP contribution in [0.2, 0.25) is 10.0 Å². The van der Waals surface area contributed by atoms with Crippen molar-refractivity contribution in [1.82, 2.24) is 0 Å². The Labute approximate surface area is 211 Å². The molecule has 178 valence electrons. The van der Waals surface area contributed by atoms with Crippen molar-refractivity contribution in [2.24, 2.45) is 0 Å². The van der Waals surface area contributed by atoms with Crippen LogP contribution in [0, 0.1) is 28.4 Å². The fourth-order valence-corrected chi connectivity index (χ4v) is 3.52. The average molecular weight is 512 g/mol. The Morgan fingerprint density at radius 3 is 2.60 bits per heavy atom. The SMILES string of the molecule is COc1cc(/C=C(/C#N)C(=O)Nc2ccc(C)c(Cl)c2)cc(Cl)c1OCc1cccc([N+](=O)[O-])c1. The minimum atomic E-state index is -0.617. The van der Waals surface area contributed by atoms with Gasteiger partial charge in [0.25, 0.3) is 11.6 Å². The second kappa shape index (κ2) is 11.4. The first kappa shape index (κ1) is 25.6. The fourth-order valence-electron chi connectivity index (χ4n) is 3.06. The van der Waals surface area contributed by atoms with Crippen molar-refractivity contribution < 1.29 is 19.2 Å². The van der Waals surface area contributed by atoms with Crippen LogP contribution in [0.15, 0.2) is 60.2 Å². The van der Waals surface area contributed by atoms with Gasteiger partial charge in [-0.3, -0.25) is 14.9 Å². The van der Waals surface area contributed by atoms with E-state index in [1.807, 2.05) is 13.0 Å². The van der Waals surface area contributed by atoms with Crippen LogP contribution in [0.1, 0.15) is 16.7 Å². The zero-order valence-electron chi connectivity index (χ0n) is 18.7. The topological polar surface area (TPSA) is 114 Å². The summed E-state index contributed by atoms with van der Waals surface area (Å²) < 4.78 is 11.1. The summed E-state index contributed by atoms with van der Waals surface area (Å²) in [5.41, 5.74) is 2.09. The number of hydrogen-bond acceptors (Lipinski definition) is 6. The third kappa shape index (κ3) is 6.51. The van der Waals surface area contributed by atoms with E-state index >= 15 is 0 Å². The first-order valence-electron chi connectivity index (χ1n) is 10.1. The predicted octanol–water partition coefficient (Wildman–Crippen LogP) is 6.34. The molecule has 0 atom stereocenters. The maximum Gasteiger partial charge on any atom is 0.269 e. The number of amides is 1. The normalized spacial score (nSPS) is 10.9. The van der Waals surface area contributed by atoms with Crippen molar-refractivity contribution in [3.05, 3.63) is 97.0 Å². The highest BCUT2D eigenvalue weighted by Gasteiger charge is 2.15. The Kier molecular flexibility index (Phi) is 8.31. The maximum atomic E-state index is 12.6. The molecule has 0 bridgehead atoms. The van der Waals surface area contributed by atoms with Gasteiger partial charge in [-0.05, 0) is 54.0 Å². The molecule has 3 rings (SSSR count). The minimum Gasteiger partial charge on any atom is -0.493 e. The van der Waals surface area contributed by atoms with Crippen LogP contribution in [0.25, 0.3) is 6.08 Å². The van der Waals surface area contributed by atoms with Crippen molar-refractivity contribution >= 4 is 46.6 Å². The fraction of sp³-hybridized carbons (Fsp3) is 0.120. The summed E-state index contributed by atoms with van der Waals surface area (Å²) in [7, 11) is 1.42. The van der Waals surface area contributed by atoms with Crippen LogP contribution in [-0.2, 0) is 11.4 Å². The molecule has 0 radical (unpaired) electrons. The molecule has 1 amide bonds. The van der Waals surface area contributed by atoms with E-state index in [-0.39, 0.29) is 34.4 Å². The molecule has 0 heterocycles. The van der Waals surface area contributed by atoms with E-state index < -0.39 is 10.8 Å². The largest absolute Gasteiger partial charge is 0.493 e. The second-order valence-corrected chi connectivity index (χ2v) is 8.15. The molecule has 3 aromatic carbocycles. The van der Waals surface area contributed by atoms with Crippen LogP contribution >= 0.6 is 23.2 Å². The number of carbonyl (C=O) groups excluding carboxylic acids is 1. The van der Waals surface area contributed by atoms with Gasteiger partial charge < -0.3 is 14.8 Å². The molecule has 3 aromatic rings. The lowest BCUT2D eigenvalue weighted by molar-refractivity contribution is -0.384. The number of halogens is 2. The van der Waals surface area contributed by atoms with E-state index in [0.717, 1.165) is 5.56 Å². The number of nitro groups is 1. The summed E-state index contributed by atoms with van der Waals surface area (Å²) in [5.74, 6) is -0.138. The van der Waals surface area contributed by atoms with Crippen molar-refractivity contribution in [2.45, 2.75) is 13.5 Å². The quantitative estimate of drug-likeness (QED) is 0.163. The molecule has 0 aliphatic heterocycles. The van der Waals surface area contributed by atoms with Crippen LogP contribution in [0.3, 0.4) is 0 Å². The standard InChI is InChI=1S/C25H19Cl2N3O5/c1-15-6-7-19(12-21(15)26)29-25(31)18(13-28)8-17-10-22(27)24(23(11-17)34-2)35-14-16-4-3-5-20(9-16)30(32)33/h3-12H,14H2,1-2H3,(H,29,31)/b18-8-. The number of nitrogens with one attached hydrogen (secondary N) is 1. The molecule has 0 aliphatic rings. The molecule has 0 saturated heterocycles. The number of nitriles is 1. The lowest BCUT2D eigenvalue weighted by Crippen LogP contribution is -2.13. The number of aryl methyl sites for hydroxylation is 1. The van der Waals surface area contributed by atoms with Gasteiger partial charge in [0.15, 0.2) is 11.5 Å². The minimum absolute atomic E-state index is 0.0118. The average Bonchev–Trinajstić information content (AvgIpc) is 2.83. The maximum absolute atomic E-state index is 12.6. The predicted molar refractivity (Wildman–Crippen MR) is 134 cm³/mol. The van der Waals surface area contributed by atoms with E-state index in [1.54, 1.807) is 36.4 Å².